The van der Waals surface area contributed by atoms with E-state index in [4.69, 9.17) is 5.26 Å². The van der Waals surface area contributed by atoms with Crippen LogP contribution < -0.4 is 0 Å². The van der Waals surface area contributed by atoms with E-state index in [9.17, 15) is 27.5 Å². The minimum absolute atomic E-state index is 0. The largest absolute Gasteiger partial charge is 0.493 e. The van der Waals surface area contributed by atoms with E-state index >= 15 is 0 Å². The van der Waals surface area contributed by atoms with Crippen LogP contribution in [0.25, 0.3) is 5.69 Å². The molecule has 0 saturated heterocycles. The monoisotopic (exact) mass is 474 g/mol. The molecule has 0 spiro atoms. The Hall–Kier alpha value is -3.15. The number of allylic oxidation sites excluding steroid dienone is 5. The summed E-state index contributed by atoms with van der Waals surface area (Å²) >= 11 is 0. The Kier molecular flexibility index (Phi) is 8.16. The zero-order chi connectivity index (χ0) is 22.9. The number of benzene rings is 1. The van der Waals surface area contributed by atoms with Gasteiger partial charge in [0.1, 0.15) is 22.9 Å². The number of hydrogen-bond acceptors (Lipinski definition) is 4. The van der Waals surface area contributed by atoms with Gasteiger partial charge in [-0.3, -0.25) is 4.79 Å². The maximum atomic E-state index is 14.4. The number of nitriles is 1. The molecule has 0 aliphatic carbocycles. The molecule has 0 bridgehead atoms. The van der Waals surface area contributed by atoms with Crippen molar-refractivity contribution >= 4 is 5.78 Å². The summed E-state index contributed by atoms with van der Waals surface area (Å²) in [5, 5.41) is 22.9. The first-order valence-electron chi connectivity index (χ1n) is 8.58. The molecule has 0 amide bonds. The van der Waals surface area contributed by atoms with Crippen LogP contribution in [0.2, 0.25) is 0 Å². The van der Waals surface area contributed by atoms with Crippen molar-refractivity contribution in [2.24, 2.45) is 0 Å². The van der Waals surface area contributed by atoms with Gasteiger partial charge in [0.2, 0.25) is 11.7 Å². The molecular formula is C21H17F4MnN3O2. The molecule has 0 aliphatic rings. The van der Waals surface area contributed by atoms with Crippen LogP contribution in [0.4, 0.5) is 17.6 Å². The van der Waals surface area contributed by atoms with E-state index in [1.807, 2.05) is 0 Å². The van der Waals surface area contributed by atoms with E-state index in [0.29, 0.717) is 11.1 Å². The summed E-state index contributed by atoms with van der Waals surface area (Å²) in [6, 6.07) is 1.03. The summed E-state index contributed by atoms with van der Waals surface area (Å²) in [6.45, 7) is 9.92. The summed E-state index contributed by atoms with van der Waals surface area (Å²) in [7, 11) is 0. The molecule has 2 rings (SSSR count). The van der Waals surface area contributed by atoms with Crippen LogP contribution in [-0.2, 0) is 17.1 Å². The molecule has 0 fully saturated rings. The Balaban J connectivity index is 0.00000480. The predicted octanol–water partition coefficient (Wildman–Crippen LogP) is 4.96. The van der Waals surface area contributed by atoms with Gasteiger partial charge in [0, 0.05) is 22.6 Å². The van der Waals surface area contributed by atoms with Crippen molar-refractivity contribution < 1.29 is 44.5 Å². The average Bonchev–Trinajstić information content (AvgIpc) is 2.95. The second-order valence-corrected chi connectivity index (χ2v) is 6.45. The molecule has 0 aliphatic heterocycles. The Morgan fingerprint density at radius 3 is 2.10 bits per heavy atom. The van der Waals surface area contributed by atoms with Crippen LogP contribution in [-0.4, -0.2) is 20.7 Å². The van der Waals surface area contributed by atoms with Crippen LogP contribution in [0.1, 0.15) is 42.4 Å². The van der Waals surface area contributed by atoms with E-state index in [1.165, 1.54) is 6.92 Å². The first-order chi connectivity index (χ1) is 14.0. The number of carbonyl (C=O) groups is 1. The van der Waals surface area contributed by atoms with Crippen LogP contribution in [0.3, 0.4) is 0 Å². The minimum Gasteiger partial charge on any atom is -0.493 e. The Morgan fingerprint density at radius 1 is 1.16 bits per heavy atom. The standard InChI is InChI=1S/C21H17F4N3O2.Mn/c1-6-7-10(4)13(9(2)3)20(29)14-11(5)27-28(21(14)30)19-17(24)15(22)12(8-26)16(23)18(19)25;/h6-7,30H,2H2,1,3-5H3;/b7-6-,13-10+;. The number of ketones is 1. The molecule has 163 valence electrons. The van der Waals surface area contributed by atoms with E-state index in [2.05, 4.69) is 11.7 Å². The fourth-order valence-electron chi connectivity index (χ4n) is 3.01. The molecule has 0 unspecified atom stereocenters. The van der Waals surface area contributed by atoms with E-state index in [-0.39, 0.29) is 33.0 Å². The molecule has 1 aromatic carbocycles. The Bertz CT molecular complexity index is 1160. The number of nitrogens with zero attached hydrogens (tertiary/aromatic N) is 3. The normalized spacial score (nSPS) is 11.7. The van der Waals surface area contributed by atoms with Gasteiger partial charge in [-0.1, -0.05) is 18.7 Å². The number of hydrogen-bond donors (Lipinski definition) is 1. The van der Waals surface area contributed by atoms with Gasteiger partial charge >= 0.3 is 0 Å². The van der Waals surface area contributed by atoms with Gasteiger partial charge < -0.3 is 5.11 Å². The molecule has 1 N–H and O–H groups in total. The number of halogens is 4. The van der Waals surface area contributed by atoms with Gasteiger partial charge in [-0.15, -0.1) is 0 Å². The topological polar surface area (TPSA) is 78.9 Å². The van der Waals surface area contributed by atoms with Crippen molar-refractivity contribution in [2.75, 3.05) is 0 Å². The number of rotatable bonds is 5. The Morgan fingerprint density at radius 2 is 1.68 bits per heavy atom. The van der Waals surface area contributed by atoms with Crippen molar-refractivity contribution in [1.82, 2.24) is 9.78 Å². The van der Waals surface area contributed by atoms with Gasteiger partial charge in [-0.2, -0.15) is 15.0 Å². The number of aromatic nitrogens is 2. The van der Waals surface area contributed by atoms with Gasteiger partial charge in [0.25, 0.3) is 0 Å². The molecule has 1 heterocycles. The molecule has 5 nitrogen and oxygen atoms in total. The zero-order valence-electron chi connectivity index (χ0n) is 16.9. The van der Waals surface area contributed by atoms with E-state index in [1.54, 1.807) is 32.9 Å². The second kappa shape index (κ2) is 9.77. The summed E-state index contributed by atoms with van der Waals surface area (Å²) in [5.41, 5.74) is -2.42. The SMILES string of the molecule is C=C(C)/C(C(=O)c1c(C)nn(-c2c(F)c(F)c(C#N)c(F)c2F)c1O)=C(C)\C=C/C.[Mn]. The van der Waals surface area contributed by atoms with E-state index < -0.39 is 51.7 Å². The summed E-state index contributed by atoms with van der Waals surface area (Å²) in [4.78, 5) is 13.0. The van der Waals surface area contributed by atoms with Crippen molar-refractivity contribution in [3.63, 3.8) is 0 Å². The van der Waals surface area contributed by atoms with Crippen LogP contribution >= 0.6 is 0 Å². The molecule has 31 heavy (non-hydrogen) atoms. The van der Waals surface area contributed by atoms with Gasteiger partial charge in [0.15, 0.2) is 23.3 Å². The third-order valence-electron chi connectivity index (χ3n) is 4.29. The van der Waals surface area contributed by atoms with Gasteiger partial charge in [-0.05, 0) is 38.8 Å². The molecule has 0 atom stereocenters. The number of aromatic hydroxyl groups is 1. The van der Waals surface area contributed by atoms with Crippen LogP contribution in [0.5, 0.6) is 5.88 Å². The van der Waals surface area contributed by atoms with Crippen molar-refractivity contribution in [2.45, 2.75) is 27.7 Å². The average molecular weight is 474 g/mol. The molecular weight excluding hydrogens is 457 g/mol. The second-order valence-electron chi connectivity index (χ2n) is 6.45. The number of Topliss-reactive ketones (excluding diaryl/α,β-unsaturated/α-hetero) is 1. The Labute approximate surface area is 186 Å². The number of aryl methyl sites for hydroxylation is 1. The predicted molar refractivity (Wildman–Crippen MR) is 101 cm³/mol. The molecule has 1 radical (unpaired) electrons. The number of carbonyl (C=O) groups excluding carboxylic acids is 1. The first-order valence-corrected chi connectivity index (χ1v) is 8.58. The summed E-state index contributed by atoms with van der Waals surface area (Å²) < 4.78 is 56.9. The first kappa shape index (κ1) is 25.9. The smallest absolute Gasteiger partial charge is 0.226 e. The molecule has 1 aromatic heterocycles. The fraction of sp³-hybridized carbons (Fsp3) is 0.190. The molecule has 2 aromatic rings. The van der Waals surface area contributed by atoms with Crippen molar-refractivity contribution in [3.05, 3.63) is 75.5 Å². The minimum atomic E-state index is -1.95. The van der Waals surface area contributed by atoms with Gasteiger partial charge in [0.05, 0.1) is 5.69 Å². The maximum absolute atomic E-state index is 14.4. The third-order valence-corrected chi connectivity index (χ3v) is 4.29. The zero-order valence-corrected chi connectivity index (χ0v) is 18.1. The summed E-state index contributed by atoms with van der Waals surface area (Å²) in [5.74, 6) is -9.54. The maximum Gasteiger partial charge on any atom is 0.226 e. The van der Waals surface area contributed by atoms with Gasteiger partial charge in [-0.25, -0.2) is 17.6 Å². The molecule has 0 saturated carbocycles. The van der Waals surface area contributed by atoms with Crippen LogP contribution in [0, 0.1) is 41.5 Å². The summed E-state index contributed by atoms with van der Waals surface area (Å²) in [6.07, 6.45) is 3.30. The van der Waals surface area contributed by atoms with Crippen molar-refractivity contribution in [1.29, 1.82) is 5.26 Å². The quantitative estimate of drug-likeness (QED) is 0.166. The molecule has 10 heteroatoms. The van der Waals surface area contributed by atoms with Crippen LogP contribution in [0.15, 0.2) is 35.5 Å². The van der Waals surface area contributed by atoms with Crippen molar-refractivity contribution in [3.8, 4) is 17.6 Å². The third kappa shape index (κ3) is 4.33. The van der Waals surface area contributed by atoms with E-state index in [0.717, 1.165) is 6.07 Å². The fourth-order valence-corrected chi connectivity index (χ4v) is 3.01.